The highest BCUT2D eigenvalue weighted by atomic mass is 15.0. The Morgan fingerprint density at radius 3 is 2.38 bits per heavy atom. The third-order valence-electron chi connectivity index (χ3n) is 3.10. The zero-order valence-corrected chi connectivity index (χ0v) is 11.4. The molecule has 92 valence electrons. The van der Waals surface area contributed by atoms with Gasteiger partial charge in [-0.15, -0.1) is 0 Å². The van der Waals surface area contributed by atoms with E-state index in [0.29, 0.717) is 12.0 Å². The van der Waals surface area contributed by atoms with Gasteiger partial charge in [-0.05, 0) is 51.2 Å². The normalized spacial score (nSPS) is 13.4. The fourth-order valence-electron chi connectivity index (χ4n) is 2.15. The molecule has 1 aromatic heterocycles. The molecule has 0 aromatic carbocycles. The van der Waals surface area contributed by atoms with Crippen molar-refractivity contribution in [3.8, 4) is 0 Å². The van der Waals surface area contributed by atoms with Gasteiger partial charge in [0.1, 0.15) is 0 Å². The molecular weight excluding hydrogens is 196 g/mol. The van der Waals surface area contributed by atoms with Crippen LogP contribution in [-0.4, -0.2) is 10.6 Å². The Morgan fingerprint density at radius 1 is 1.25 bits per heavy atom. The lowest BCUT2D eigenvalue weighted by Crippen LogP contribution is -2.15. The predicted molar refractivity (Wildman–Crippen MR) is 70.7 cm³/mol. The van der Waals surface area contributed by atoms with Crippen molar-refractivity contribution in [3.63, 3.8) is 0 Å². The van der Waals surface area contributed by atoms with Crippen LogP contribution in [0.25, 0.3) is 0 Å². The molecule has 0 aliphatic heterocycles. The topological polar surface area (TPSA) is 30.9 Å². The molecule has 1 atom stereocenters. The van der Waals surface area contributed by atoms with Crippen LogP contribution in [-0.2, 0) is 13.0 Å². The molecule has 1 heterocycles. The summed E-state index contributed by atoms with van der Waals surface area (Å²) in [5.74, 6) is 0.700. The van der Waals surface area contributed by atoms with Gasteiger partial charge in [-0.25, -0.2) is 0 Å². The van der Waals surface area contributed by atoms with Gasteiger partial charge in [0.15, 0.2) is 0 Å². The van der Waals surface area contributed by atoms with E-state index in [0.717, 1.165) is 19.4 Å². The van der Waals surface area contributed by atoms with Gasteiger partial charge < -0.3 is 10.3 Å². The summed E-state index contributed by atoms with van der Waals surface area (Å²) in [5.41, 5.74) is 10.1. The van der Waals surface area contributed by atoms with E-state index in [-0.39, 0.29) is 0 Å². The minimum absolute atomic E-state index is 0.299. The molecule has 0 unspecified atom stereocenters. The Hall–Kier alpha value is -0.760. The van der Waals surface area contributed by atoms with Crippen LogP contribution in [0.2, 0.25) is 0 Å². The highest BCUT2D eigenvalue weighted by Crippen LogP contribution is 2.18. The third-order valence-corrected chi connectivity index (χ3v) is 3.10. The summed E-state index contributed by atoms with van der Waals surface area (Å²) in [4.78, 5) is 0. The van der Waals surface area contributed by atoms with Crippen LogP contribution in [0.15, 0.2) is 6.07 Å². The second kappa shape index (κ2) is 5.53. The molecule has 0 aliphatic rings. The molecule has 1 aromatic rings. The average Bonchev–Trinajstić information content (AvgIpc) is 2.42. The molecule has 0 radical (unpaired) electrons. The molecular formula is C14H26N2. The lowest BCUT2D eigenvalue weighted by molar-refractivity contribution is 0.508. The van der Waals surface area contributed by atoms with Gasteiger partial charge in [0.2, 0.25) is 0 Å². The molecule has 2 nitrogen and oxygen atoms in total. The maximum Gasteiger partial charge on any atom is 0.0247 e. The number of aryl methyl sites for hydroxylation is 2. The summed E-state index contributed by atoms with van der Waals surface area (Å²) in [5, 5.41) is 0. The van der Waals surface area contributed by atoms with Gasteiger partial charge in [-0.3, -0.25) is 0 Å². The van der Waals surface area contributed by atoms with E-state index in [1.165, 1.54) is 17.0 Å². The van der Waals surface area contributed by atoms with Gasteiger partial charge in [0.05, 0.1) is 0 Å². The minimum Gasteiger partial charge on any atom is -0.349 e. The summed E-state index contributed by atoms with van der Waals surface area (Å²) in [6.07, 6.45) is 2.18. The molecule has 2 N–H and O–H groups in total. The Bertz CT molecular complexity index is 335. The van der Waals surface area contributed by atoms with E-state index in [1.54, 1.807) is 0 Å². The second-order valence-electron chi connectivity index (χ2n) is 5.42. The van der Waals surface area contributed by atoms with Crippen molar-refractivity contribution >= 4 is 0 Å². The van der Waals surface area contributed by atoms with Crippen LogP contribution in [0.3, 0.4) is 0 Å². The first-order chi connectivity index (χ1) is 7.41. The first-order valence-electron chi connectivity index (χ1n) is 6.33. The molecule has 0 saturated carbocycles. The Kier molecular flexibility index (Phi) is 4.60. The average molecular weight is 222 g/mol. The summed E-state index contributed by atoms with van der Waals surface area (Å²) >= 11 is 0. The first-order valence-corrected chi connectivity index (χ1v) is 6.33. The largest absolute Gasteiger partial charge is 0.349 e. The van der Waals surface area contributed by atoms with E-state index in [1.807, 2.05) is 0 Å². The molecule has 0 aliphatic carbocycles. The van der Waals surface area contributed by atoms with Gasteiger partial charge >= 0.3 is 0 Å². The maximum absolute atomic E-state index is 5.81. The Morgan fingerprint density at radius 2 is 1.88 bits per heavy atom. The van der Waals surface area contributed by atoms with E-state index in [4.69, 9.17) is 5.73 Å². The molecule has 2 heteroatoms. The van der Waals surface area contributed by atoms with Gasteiger partial charge in [0, 0.05) is 24.0 Å². The molecule has 0 saturated heterocycles. The van der Waals surface area contributed by atoms with Crippen molar-refractivity contribution in [2.24, 2.45) is 11.7 Å². The van der Waals surface area contributed by atoms with Crippen molar-refractivity contribution in [2.75, 3.05) is 0 Å². The van der Waals surface area contributed by atoms with E-state index in [9.17, 15) is 0 Å². The minimum atomic E-state index is 0.299. The summed E-state index contributed by atoms with van der Waals surface area (Å²) < 4.78 is 2.43. The highest BCUT2D eigenvalue weighted by molar-refractivity contribution is 5.27. The smallest absolute Gasteiger partial charge is 0.0247 e. The number of aromatic nitrogens is 1. The second-order valence-corrected chi connectivity index (χ2v) is 5.42. The summed E-state index contributed by atoms with van der Waals surface area (Å²) in [6.45, 7) is 12.2. The van der Waals surface area contributed by atoms with Crippen molar-refractivity contribution in [1.82, 2.24) is 4.57 Å². The first kappa shape index (κ1) is 13.3. The van der Waals surface area contributed by atoms with Crippen molar-refractivity contribution in [2.45, 2.75) is 60.0 Å². The zero-order chi connectivity index (χ0) is 12.3. The molecule has 1 rings (SSSR count). The quantitative estimate of drug-likeness (QED) is 0.815. The van der Waals surface area contributed by atoms with E-state index < -0.39 is 0 Å². The number of nitrogens with two attached hydrogens (primary N) is 1. The maximum atomic E-state index is 5.81. The predicted octanol–water partition coefficient (Wildman–Crippen LogP) is 3.04. The number of rotatable bonds is 5. The number of nitrogens with zero attached hydrogens (tertiary/aromatic N) is 1. The third kappa shape index (κ3) is 3.38. The van der Waals surface area contributed by atoms with E-state index in [2.05, 4.69) is 45.3 Å². The molecule has 16 heavy (non-hydrogen) atoms. The van der Waals surface area contributed by atoms with Crippen molar-refractivity contribution < 1.29 is 0 Å². The Balaban J connectivity index is 2.80. The van der Waals surface area contributed by atoms with Crippen molar-refractivity contribution in [1.29, 1.82) is 0 Å². The highest BCUT2D eigenvalue weighted by Gasteiger charge is 2.10. The standard InChI is InChI=1S/C14H26N2/c1-10(2)9-16-12(4)8-14(13(16)5)7-6-11(3)15/h8,10-11H,6-7,9,15H2,1-5H3/t11-/m0/s1. The van der Waals surface area contributed by atoms with Gasteiger partial charge in [-0.1, -0.05) is 13.8 Å². The molecule has 0 spiro atoms. The monoisotopic (exact) mass is 222 g/mol. The van der Waals surface area contributed by atoms with Crippen LogP contribution in [0, 0.1) is 19.8 Å². The van der Waals surface area contributed by atoms with Crippen LogP contribution >= 0.6 is 0 Å². The Labute approximate surface area is 99.8 Å². The van der Waals surface area contributed by atoms with Gasteiger partial charge in [-0.2, -0.15) is 0 Å². The SMILES string of the molecule is Cc1cc(CC[C@H](C)N)c(C)n1CC(C)C. The summed E-state index contributed by atoms with van der Waals surface area (Å²) in [6, 6.07) is 2.62. The van der Waals surface area contributed by atoms with Crippen LogP contribution in [0.4, 0.5) is 0 Å². The van der Waals surface area contributed by atoms with Crippen LogP contribution < -0.4 is 5.73 Å². The molecule has 0 bridgehead atoms. The molecule has 0 fully saturated rings. The summed E-state index contributed by atoms with van der Waals surface area (Å²) in [7, 11) is 0. The number of hydrogen-bond acceptors (Lipinski definition) is 1. The number of hydrogen-bond donors (Lipinski definition) is 1. The van der Waals surface area contributed by atoms with Crippen LogP contribution in [0.1, 0.15) is 44.1 Å². The van der Waals surface area contributed by atoms with Crippen molar-refractivity contribution in [3.05, 3.63) is 23.0 Å². The zero-order valence-electron chi connectivity index (χ0n) is 11.4. The lowest BCUT2D eigenvalue weighted by atomic mass is 10.1. The molecule has 0 amide bonds. The fourth-order valence-corrected chi connectivity index (χ4v) is 2.15. The fraction of sp³-hybridized carbons (Fsp3) is 0.714. The van der Waals surface area contributed by atoms with Crippen LogP contribution in [0.5, 0.6) is 0 Å². The van der Waals surface area contributed by atoms with E-state index >= 15 is 0 Å². The van der Waals surface area contributed by atoms with Gasteiger partial charge in [0.25, 0.3) is 0 Å². The lowest BCUT2D eigenvalue weighted by Gasteiger charge is -2.12.